The number of carbonyl (C=O) groups excluding carboxylic acids is 2. The van der Waals surface area contributed by atoms with E-state index < -0.39 is 25.6 Å². The van der Waals surface area contributed by atoms with Crippen molar-refractivity contribution < 1.29 is 23.9 Å². The van der Waals surface area contributed by atoms with E-state index in [4.69, 9.17) is 14.9 Å². The lowest BCUT2D eigenvalue weighted by molar-refractivity contribution is -0.128. The summed E-state index contributed by atoms with van der Waals surface area (Å²) < 4.78 is 12.9. The number of fused-ring (bicyclic) bond motifs is 4. The van der Waals surface area contributed by atoms with Crippen LogP contribution in [0.3, 0.4) is 0 Å². The number of hydrogen-bond donors (Lipinski definition) is 3. The highest BCUT2D eigenvalue weighted by Gasteiger charge is 2.85. The Bertz CT molecular complexity index is 1130. The van der Waals surface area contributed by atoms with Crippen LogP contribution in [-0.2, 0) is 18.8 Å². The Morgan fingerprint density at radius 2 is 2.05 bits per heavy atom. The number of nitrogens with one attached hydrogen (secondary N) is 1. The number of Topliss-reactive ketones (excluding diaryl/α,β-unsaturated/α-hetero) is 1. The van der Waals surface area contributed by atoms with E-state index in [1.165, 1.54) is 5.57 Å². The van der Waals surface area contributed by atoms with E-state index in [0.717, 1.165) is 19.3 Å². The summed E-state index contributed by atoms with van der Waals surface area (Å²) in [6.07, 6.45) is 8.78. The van der Waals surface area contributed by atoms with E-state index in [0.29, 0.717) is 12.1 Å². The molecule has 0 aromatic carbocycles. The fraction of sp³-hybridized carbons (Fsp3) is 0.759. The average Bonchev–Trinajstić information content (AvgIpc) is 3.44. The molecule has 5 rings (SSSR count). The zero-order valence-corrected chi connectivity index (χ0v) is 25.0. The second kappa shape index (κ2) is 8.93. The molecule has 2 unspecified atom stereocenters. The van der Waals surface area contributed by atoms with Crippen LogP contribution < -0.4 is 11.2 Å². The molecule has 3 saturated carbocycles. The molecular weight excluding hydrogens is 498 g/mol. The Kier molecular flexibility index (Phi) is 6.55. The number of allylic oxidation sites excluding steroid dienone is 4. The second-order valence-electron chi connectivity index (χ2n) is 14.0. The molecule has 4 fully saturated rings. The van der Waals surface area contributed by atoms with Crippen LogP contribution in [0.25, 0.3) is 0 Å². The van der Waals surface area contributed by atoms with Gasteiger partial charge in [-0.3, -0.25) is 9.59 Å². The number of aliphatic hydroxyl groups is 1. The van der Waals surface area contributed by atoms with E-state index in [1.54, 1.807) is 0 Å². The first-order chi connectivity index (χ1) is 17.6. The lowest BCUT2D eigenvalue weighted by Gasteiger charge is -2.55. The first-order valence-corrected chi connectivity index (χ1v) is 17.1. The zero-order chi connectivity index (χ0) is 27.9. The number of epoxide rings is 1. The molecule has 4 N–H and O–H groups in total. The lowest BCUT2D eigenvalue weighted by atomic mass is 9.49. The van der Waals surface area contributed by atoms with Crippen LogP contribution in [0.2, 0.25) is 18.1 Å². The molecule has 9 heteroatoms. The molecule has 0 aromatic rings. The number of amides is 1. The van der Waals surface area contributed by atoms with E-state index in [-0.39, 0.29) is 59.0 Å². The van der Waals surface area contributed by atoms with Crippen molar-refractivity contribution >= 4 is 25.7 Å². The zero-order valence-electron chi connectivity index (χ0n) is 24.0. The van der Waals surface area contributed by atoms with Gasteiger partial charge in [0.05, 0.1) is 25.0 Å². The van der Waals surface area contributed by atoms with Gasteiger partial charge in [0.1, 0.15) is 5.60 Å². The van der Waals surface area contributed by atoms with Gasteiger partial charge in [-0.05, 0) is 67.3 Å². The maximum atomic E-state index is 13.8. The predicted octanol–water partition coefficient (Wildman–Crippen LogP) is 3.47. The van der Waals surface area contributed by atoms with Gasteiger partial charge in [0, 0.05) is 17.8 Å². The topological polar surface area (TPSA) is 127 Å². The number of hydrazone groups is 1. The minimum absolute atomic E-state index is 0.0297. The number of carbonyl (C=O) groups is 2. The molecule has 1 saturated heterocycles. The fourth-order valence-corrected chi connectivity index (χ4v) is 8.97. The lowest BCUT2D eigenvalue weighted by Crippen LogP contribution is -2.56. The Labute approximate surface area is 227 Å². The molecule has 210 valence electrons. The van der Waals surface area contributed by atoms with Crippen LogP contribution in [0.4, 0.5) is 0 Å². The van der Waals surface area contributed by atoms with Crippen molar-refractivity contribution in [3.63, 3.8) is 0 Å². The number of ether oxygens (including phenoxy) is 1. The molecule has 8 atom stereocenters. The maximum Gasteiger partial charge on any atom is 0.253 e. The number of aliphatic hydroxyl groups excluding tert-OH is 1. The van der Waals surface area contributed by atoms with Crippen LogP contribution in [0.15, 0.2) is 28.9 Å². The summed E-state index contributed by atoms with van der Waals surface area (Å²) in [5, 5.41) is 15.9. The molecule has 1 amide bonds. The van der Waals surface area contributed by atoms with E-state index in [1.807, 2.05) is 12.2 Å². The number of rotatable bonds is 6. The number of nitrogens with zero attached hydrogens (tertiary/aromatic N) is 1. The van der Waals surface area contributed by atoms with Gasteiger partial charge in [-0.25, -0.2) is 5.43 Å². The molecule has 8 nitrogen and oxygen atoms in total. The Hall–Kier alpha value is -1.65. The van der Waals surface area contributed by atoms with Crippen LogP contribution in [0.1, 0.15) is 60.3 Å². The van der Waals surface area contributed by atoms with Crippen molar-refractivity contribution in [3.05, 3.63) is 23.8 Å². The smallest absolute Gasteiger partial charge is 0.253 e. The average molecular weight is 544 g/mol. The highest BCUT2D eigenvalue weighted by molar-refractivity contribution is 6.74. The third kappa shape index (κ3) is 3.87. The summed E-state index contributed by atoms with van der Waals surface area (Å²) in [6.45, 7) is 15.2. The van der Waals surface area contributed by atoms with Gasteiger partial charge in [-0.2, -0.15) is 5.10 Å². The number of ketones is 1. The number of nitrogens with two attached hydrogens (primary N) is 1. The number of hydrogen-bond acceptors (Lipinski definition) is 7. The molecule has 4 aliphatic carbocycles. The minimum Gasteiger partial charge on any atom is -0.409 e. The summed E-state index contributed by atoms with van der Waals surface area (Å²) in [4.78, 5) is 25.3. The van der Waals surface area contributed by atoms with Crippen molar-refractivity contribution in [3.8, 4) is 0 Å². The maximum absolute atomic E-state index is 13.8. The van der Waals surface area contributed by atoms with Crippen LogP contribution in [0.5, 0.6) is 0 Å². The van der Waals surface area contributed by atoms with Crippen molar-refractivity contribution in [1.82, 2.24) is 5.43 Å². The summed E-state index contributed by atoms with van der Waals surface area (Å²) in [5.41, 5.74) is 8.06. The van der Waals surface area contributed by atoms with Gasteiger partial charge >= 0.3 is 0 Å². The van der Waals surface area contributed by atoms with Gasteiger partial charge in [-0.1, -0.05) is 46.3 Å². The van der Waals surface area contributed by atoms with Gasteiger partial charge in [0.15, 0.2) is 19.7 Å². The predicted molar refractivity (Wildman–Crippen MR) is 149 cm³/mol. The van der Waals surface area contributed by atoms with Crippen LogP contribution in [-0.4, -0.2) is 61.3 Å². The Balaban J connectivity index is 1.37. The summed E-state index contributed by atoms with van der Waals surface area (Å²) in [6, 6.07) is 0. The summed E-state index contributed by atoms with van der Waals surface area (Å²) in [5.74, 6) is 0.381. The van der Waals surface area contributed by atoms with Crippen molar-refractivity contribution in [2.24, 2.45) is 39.9 Å². The minimum atomic E-state index is -2.07. The highest BCUT2D eigenvalue weighted by atomic mass is 28.4. The standard InChI is InChI=1S/C29H45N3O5Si/c1-17-12-21-20-9-8-18-13-19(31-32-24(35)15-30)10-11-27(18,5)25(20)22(33)14-28(21)29(17,37-28)23(34)16-36-38(6,7)26(2,3)4/h10-11,13,17,20-22,25,33H,8-9,12,14-16,30H2,1-7H3,(H,32,35)/b31-19+/t17-,20+,21?,22+,25?,27+,28-,29+/m1/s1. The molecule has 0 bridgehead atoms. The second-order valence-corrected chi connectivity index (χ2v) is 18.8. The van der Waals surface area contributed by atoms with Gasteiger partial charge in [0.25, 0.3) is 5.91 Å². The van der Waals surface area contributed by atoms with E-state index in [9.17, 15) is 14.7 Å². The van der Waals surface area contributed by atoms with Gasteiger partial charge in [-0.15, -0.1) is 0 Å². The van der Waals surface area contributed by atoms with Crippen LogP contribution in [0, 0.1) is 29.1 Å². The van der Waals surface area contributed by atoms with Crippen molar-refractivity contribution in [2.45, 2.75) is 95.7 Å². The summed E-state index contributed by atoms with van der Waals surface area (Å²) in [7, 11) is -2.07. The molecule has 1 aliphatic heterocycles. The van der Waals surface area contributed by atoms with E-state index >= 15 is 0 Å². The van der Waals surface area contributed by atoms with E-state index in [2.05, 4.69) is 64.3 Å². The summed E-state index contributed by atoms with van der Waals surface area (Å²) >= 11 is 0. The van der Waals surface area contributed by atoms with Crippen molar-refractivity contribution in [1.29, 1.82) is 0 Å². The third-order valence-corrected chi connectivity index (χ3v) is 15.5. The normalized spacial score (nSPS) is 42.5. The highest BCUT2D eigenvalue weighted by Crippen LogP contribution is 2.74. The molecule has 0 radical (unpaired) electrons. The van der Waals surface area contributed by atoms with Crippen LogP contribution >= 0.6 is 0 Å². The first kappa shape index (κ1) is 27.9. The Morgan fingerprint density at radius 3 is 2.71 bits per heavy atom. The Morgan fingerprint density at radius 1 is 1.34 bits per heavy atom. The molecule has 5 aliphatic rings. The quantitative estimate of drug-likeness (QED) is 0.268. The fourth-order valence-electron chi connectivity index (χ4n) is 8.05. The molecule has 0 aromatic heterocycles. The molecular formula is C29H45N3O5Si. The molecule has 1 heterocycles. The SMILES string of the molecule is C[C@@H]1CC2[C@@H]3CCC4=C/C(=N/NC(=O)CN)C=C[C@]4(C)C3[C@@H](O)C[C@@]23O[C@]13C(=O)CO[Si](C)(C)C(C)(C)C. The van der Waals surface area contributed by atoms with Gasteiger partial charge in [0.2, 0.25) is 0 Å². The largest absolute Gasteiger partial charge is 0.409 e. The third-order valence-electron chi connectivity index (χ3n) is 11.1. The first-order valence-electron chi connectivity index (χ1n) is 14.2. The molecule has 1 spiro atoms. The van der Waals surface area contributed by atoms with Crippen molar-refractivity contribution in [2.75, 3.05) is 13.2 Å². The molecule has 38 heavy (non-hydrogen) atoms. The van der Waals surface area contributed by atoms with Gasteiger partial charge < -0.3 is 20.0 Å². The monoisotopic (exact) mass is 543 g/mol.